The Labute approximate surface area is 111 Å². The molecule has 2 heterocycles. The lowest BCUT2D eigenvalue weighted by molar-refractivity contribution is 0.362. The van der Waals surface area contributed by atoms with E-state index in [9.17, 15) is 8.42 Å². The van der Waals surface area contributed by atoms with Crippen LogP contribution in [0.2, 0.25) is 0 Å². The summed E-state index contributed by atoms with van der Waals surface area (Å²) in [5.41, 5.74) is 1.35. The Balaban J connectivity index is 1.89. The molecule has 0 unspecified atom stereocenters. The number of hydrogen-bond donors (Lipinski definition) is 3. The molecule has 1 aliphatic heterocycles. The second-order valence-electron chi connectivity index (χ2n) is 4.39. The van der Waals surface area contributed by atoms with Crippen LogP contribution < -0.4 is 10.0 Å². The van der Waals surface area contributed by atoms with Crippen LogP contribution in [0.5, 0.6) is 0 Å². The zero-order valence-electron chi connectivity index (χ0n) is 10.3. The van der Waals surface area contributed by atoms with Gasteiger partial charge in [0.1, 0.15) is 0 Å². The van der Waals surface area contributed by atoms with Crippen LogP contribution in [0.4, 0.5) is 5.69 Å². The molecule has 0 amide bonds. The van der Waals surface area contributed by atoms with Crippen LogP contribution in [0.3, 0.4) is 0 Å². The quantitative estimate of drug-likeness (QED) is 0.745. The number of nitrogens with one attached hydrogen (secondary N) is 3. The highest BCUT2D eigenvalue weighted by Gasteiger charge is 2.24. The van der Waals surface area contributed by atoms with E-state index in [1.54, 1.807) is 18.3 Å². The molecule has 1 aromatic heterocycles. The van der Waals surface area contributed by atoms with Gasteiger partial charge in [-0.05, 0) is 12.1 Å². The van der Waals surface area contributed by atoms with Gasteiger partial charge < -0.3 is 5.32 Å². The van der Waals surface area contributed by atoms with Gasteiger partial charge in [0.15, 0.2) is 0 Å². The zero-order valence-corrected chi connectivity index (χ0v) is 11.1. The third-order valence-corrected chi connectivity index (χ3v) is 4.66. The largest absolute Gasteiger partial charge is 0.314 e. The third-order valence-electron chi connectivity index (χ3n) is 3.14. The van der Waals surface area contributed by atoms with Crippen LogP contribution in [-0.4, -0.2) is 49.1 Å². The van der Waals surface area contributed by atoms with E-state index in [0.717, 1.165) is 10.9 Å². The molecular weight excluding hydrogens is 266 g/mol. The maximum atomic E-state index is 12.3. The Kier molecular flexibility index (Phi) is 3.13. The molecule has 0 spiro atoms. The predicted octanol–water partition coefficient (Wildman–Crippen LogP) is 0.125. The Morgan fingerprint density at radius 3 is 2.84 bits per heavy atom. The second kappa shape index (κ2) is 4.80. The molecule has 1 saturated heterocycles. The minimum Gasteiger partial charge on any atom is -0.314 e. The number of aromatic amines is 1. The number of rotatable bonds is 3. The van der Waals surface area contributed by atoms with Crippen LogP contribution in [0.25, 0.3) is 10.9 Å². The summed E-state index contributed by atoms with van der Waals surface area (Å²) in [4.78, 5) is 0. The fraction of sp³-hybridized carbons (Fsp3) is 0.364. The lowest BCUT2D eigenvalue weighted by atomic mass is 10.2. The molecule has 1 aliphatic rings. The van der Waals surface area contributed by atoms with Gasteiger partial charge in [0.2, 0.25) is 0 Å². The van der Waals surface area contributed by atoms with E-state index in [2.05, 4.69) is 20.2 Å². The molecule has 0 radical (unpaired) electrons. The number of nitrogens with zero attached hydrogens (tertiary/aromatic N) is 2. The Morgan fingerprint density at radius 1 is 1.26 bits per heavy atom. The minimum absolute atomic E-state index is 0.483. The highest BCUT2D eigenvalue weighted by atomic mass is 32.2. The van der Waals surface area contributed by atoms with E-state index in [0.29, 0.717) is 31.9 Å². The van der Waals surface area contributed by atoms with Gasteiger partial charge >= 0.3 is 10.2 Å². The van der Waals surface area contributed by atoms with Crippen molar-refractivity contribution in [1.29, 1.82) is 0 Å². The number of anilines is 1. The molecule has 8 heteroatoms. The van der Waals surface area contributed by atoms with Crippen molar-refractivity contribution in [3.05, 3.63) is 24.4 Å². The summed E-state index contributed by atoms with van der Waals surface area (Å²) in [6.45, 7) is 2.32. The summed E-state index contributed by atoms with van der Waals surface area (Å²) in [7, 11) is -3.50. The Bertz CT molecular complexity index is 675. The van der Waals surface area contributed by atoms with Crippen molar-refractivity contribution in [3.8, 4) is 0 Å². The molecule has 1 aromatic carbocycles. The van der Waals surface area contributed by atoms with Crippen molar-refractivity contribution in [2.45, 2.75) is 0 Å². The predicted molar refractivity (Wildman–Crippen MR) is 73.1 cm³/mol. The first kappa shape index (κ1) is 12.4. The number of H-pyrrole nitrogens is 1. The lowest BCUT2D eigenvalue weighted by Crippen LogP contribution is -2.48. The van der Waals surface area contributed by atoms with E-state index in [4.69, 9.17) is 0 Å². The molecule has 0 saturated carbocycles. The molecule has 102 valence electrons. The first-order valence-electron chi connectivity index (χ1n) is 6.07. The van der Waals surface area contributed by atoms with Crippen molar-refractivity contribution in [1.82, 2.24) is 19.8 Å². The van der Waals surface area contributed by atoms with Gasteiger partial charge in [0.25, 0.3) is 0 Å². The van der Waals surface area contributed by atoms with Gasteiger partial charge in [-0.1, -0.05) is 6.07 Å². The molecule has 3 rings (SSSR count). The molecular formula is C11H15N5O2S. The van der Waals surface area contributed by atoms with Crippen LogP contribution >= 0.6 is 0 Å². The van der Waals surface area contributed by atoms with Crippen molar-refractivity contribution >= 4 is 26.8 Å². The lowest BCUT2D eigenvalue weighted by Gasteiger charge is -2.26. The molecule has 0 aliphatic carbocycles. The number of hydrogen-bond acceptors (Lipinski definition) is 4. The van der Waals surface area contributed by atoms with Gasteiger partial charge in [-0.15, -0.1) is 0 Å². The van der Waals surface area contributed by atoms with Gasteiger partial charge in [0.05, 0.1) is 17.4 Å². The maximum absolute atomic E-state index is 12.3. The van der Waals surface area contributed by atoms with Gasteiger partial charge in [-0.2, -0.15) is 17.8 Å². The summed E-state index contributed by atoms with van der Waals surface area (Å²) in [5.74, 6) is 0. The fourth-order valence-electron chi connectivity index (χ4n) is 2.15. The van der Waals surface area contributed by atoms with E-state index in [-0.39, 0.29) is 0 Å². The molecule has 7 nitrogen and oxygen atoms in total. The van der Waals surface area contributed by atoms with Gasteiger partial charge in [0, 0.05) is 31.6 Å². The van der Waals surface area contributed by atoms with Crippen molar-refractivity contribution in [2.24, 2.45) is 0 Å². The van der Waals surface area contributed by atoms with E-state index in [1.807, 2.05) is 6.07 Å². The number of aromatic nitrogens is 2. The molecule has 3 N–H and O–H groups in total. The minimum atomic E-state index is -3.50. The topological polar surface area (TPSA) is 90.1 Å². The summed E-state index contributed by atoms with van der Waals surface area (Å²) in [6.07, 6.45) is 1.62. The molecule has 0 atom stereocenters. The Morgan fingerprint density at radius 2 is 2.05 bits per heavy atom. The maximum Gasteiger partial charge on any atom is 0.301 e. The normalized spacial score (nSPS) is 17.7. The smallest absolute Gasteiger partial charge is 0.301 e. The number of fused-ring (bicyclic) bond motifs is 1. The van der Waals surface area contributed by atoms with Gasteiger partial charge in [-0.25, -0.2) is 0 Å². The van der Waals surface area contributed by atoms with Crippen LogP contribution in [0, 0.1) is 0 Å². The standard InChI is InChI=1S/C11H15N5O2S/c17-19(18,16-6-4-12-5-7-16)15-11-3-1-2-10-9(11)8-13-14-10/h1-3,8,12,15H,4-7H2,(H,13,14). The average molecular weight is 281 g/mol. The van der Waals surface area contributed by atoms with E-state index < -0.39 is 10.2 Å². The second-order valence-corrected chi connectivity index (χ2v) is 6.06. The molecule has 0 bridgehead atoms. The first-order chi connectivity index (χ1) is 9.17. The molecule has 2 aromatic rings. The van der Waals surface area contributed by atoms with Crippen molar-refractivity contribution in [3.63, 3.8) is 0 Å². The summed E-state index contributed by atoms with van der Waals surface area (Å²) in [6, 6.07) is 5.37. The summed E-state index contributed by atoms with van der Waals surface area (Å²) >= 11 is 0. The van der Waals surface area contributed by atoms with Crippen LogP contribution in [0.15, 0.2) is 24.4 Å². The van der Waals surface area contributed by atoms with Crippen molar-refractivity contribution in [2.75, 3.05) is 30.9 Å². The highest BCUT2D eigenvalue weighted by molar-refractivity contribution is 7.90. The summed E-state index contributed by atoms with van der Waals surface area (Å²) < 4.78 is 28.6. The van der Waals surface area contributed by atoms with Crippen LogP contribution in [-0.2, 0) is 10.2 Å². The number of piperazine rings is 1. The third kappa shape index (κ3) is 2.42. The van der Waals surface area contributed by atoms with Crippen LogP contribution in [0.1, 0.15) is 0 Å². The summed E-state index contributed by atoms with van der Waals surface area (Å²) in [5, 5.41) is 10.6. The average Bonchev–Trinajstić information content (AvgIpc) is 2.89. The van der Waals surface area contributed by atoms with E-state index >= 15 is 0 Å². The molecule has 19 heavy (non-hydrogen) atoms. The fourth-order valence-corrected chi connectivity index (χ4v) is 3.39. The van der Waals surface area contributed by atoms with Crippen molar-refractivity contribution < 1.29 is 8.42 Å². The number of benzene rings is 1. The van der Waals surface area contributed by atoms with E-state index in [1.165, 1.54) is 4.31 Å². The first-order valence-corrected chi connectivity index (χ1v) is 7.51. The van der Waals surface area contributed by atoms with Gasteiger partial charge in [-0.3, -0.25) is 9.82 Å². The Hall–Kier alpha value is -1.64. The SMILES string of the molecule is O=S(=O)(Nc1cccc2[nH]ncc12)N1CCNCC1. The zero-order chi connectivity index (χ0) is 13.3. The molecule has 1 fully saturated rings. The monoisotopic (exact) mass is 281 g/mol. The highest BCUT2D eigenvalue weighted by Crippen LogP contribution is 2.22.